The average Bonchev–Trinajstić information content (AvgIpc) is 3.25. The number of nitrogens with one attached hydrogen (secondary N) is 2. The predicted octanol–water partition coefficient (Wildman–Crippen LogP) is 5.30. The molecule has 1 aliphatic heterocycles. The van der Waals surface area contributed by atoms with Gasteiger partial charge in [-0.2, -0.15) is 18.3 Å². The van der Waals surface area contributed by atoms with E-state index in [2.05, 4.69) is 15.5 Å². The fourth-order valence-electron chi connectivity index (χ4n) is 3.93. The largest absolute Gasteiger partial charge is 0.496 e. The molecule has 1 amide bonds. The minimum Gasteiger partial charge on any atom is -0.496 e. The molecule has 2 N–H and O–H groups in total. The molecule has 0 saturated heterocycles. The van der Waals surface area contributed by atoms with Gasteiger partial charge < -0.3 is 14.8 Å². The summed E-state index contributed by atoms with van der Waals surface area (Å²) in [5.74, 6) is -0.0312. The van der Waals surface area contributed by atoms with Gasteiger partial charge in [0.2, 0.25) is 12.3 Å². The lowest BCUT2D eigenvalue weighted by atomic mass is 9.87. The van der Waals surface area contributed by atoms with Crippen molar-refractivity contribution < 1.29 is 36.2 Å². The quantitative estimate of drug-likeness (QED) is 0.449. The van der Waals surface area contributed by atoms with E-state index in [-0.39, 0.29) is 30.4 Å². The zero-order valence-corrected chi connectivity index (χ0v) is 17.9. The molecule has 180 valence electrons. The van der Waals surface area contributed by atoms with Crippen molar-refractivity contribution >= 4 is 11.7 Å². The Morgan fingerprint density at radius 2 is 1.94 bits per heavy atom. The lowest BCUT2D eigenvalue weighted by Crippen LogP contribution is -2.23. The van der Waals surface area contributed by atoms with Crippen LogP contribution in [0.15, 0.2) is 42.6 Å². The number of hydrogen-bond acceptors (Lipinski definition) is 4. The molecule has 11 heteroatoms. The Labute approximate surface area is 191 Å². The van der Waals surface area contributed by atoms with Crippen LogP contribution in [0.1, 0.15) is 40.2 Å². The van der Waals surface area contributed by atoms with Crippen molar-refractivity contribution in [2.45, 2.75) is 38.0 Å². The monoisotopic (exact) mass is 481 g/mol. The van der Waals surface area contributed by atoms with Gasteiger partial charge in [0.05, 0.1) is 18.9 Å². The summed E-state index contributed by atoms with van der Waals surface area (Å²) in [5.41, 5.74) is 0.798. The lowest BCUT2D eigenvalue weighted by Gasteiger charge is -2.23. The van der Waals surface area contributed by atoms with Crippen LogP contribution in [-0.4, -0.2) is 29.6 Å². The van der Waals surface area contributed by atoms with Gasteiger partial charge in [0.25, 0.3) is 0 Å². The van der Waals surface area contributed by atoms with Crippen LogP contribution in [0.2, 0.25) is 0 Å². The Bertz CT molecular complexity index is 1190. The lowest BCUT2D eigenvalue weighted by molar-refractivity contribution is -0.139. The molecule has 3 aromatic rings. The van der Waals surface area contributed by atoms with Gasteiger partial charge in [0, 0.05) is 29.9 Å². The summed E-state index contributed by atoms with van der Waals surface area (Å²) in [4.78, 5) is 12.0. The Hall–Kier alpha value is -3.63. The second-order valence-corrected chi connectivity index (χ2v) is 7.79. The van der Waals surface area contributed by atoms with Crippen LogP contribution in [0, 0.1) is 0 Å². The van der Waals surface area contributed by atoms with Crippen LogP contribution in [0.25, 0.3) is 0 Å². The first kappa shape index (κ1) is 23.5. The normalized spacial score (nSPS) is 15.7. The number of alkyl halides is 5. The Morgan fingerprint density at radius 1 is 1.15 bits per heavy atom. The Balaban J connectivity index is 1.57. The SMILES string of the molecule is COc1cc(C2CC(=O)Nc3[nH]ncc32)ccc1COc1ccc(CC(F)F)cc1C(F)(F)F. The Morgan fingerprint density at radius 3 is 2.65 bits per heavy atom. The highest BCUT2D eigenvalue weighted by Gasteiger charge is 2.35. The van der Waals surface area contributed by atoms with Gasteiger partial charge in [-0.05, 0) is 29.3 Å². The number of fused-ring (bicyclic) bond motifs is 1. The van der Waals surface area contributed by atoms with E-state index in [9.17, 15) is 26.7 Å². The molecule has 1 unspecified atom stereocenters. The number of carbonyl (C=O) groups is 1. The summed E-state index contributed by atoms with van der Waals surface area (Å²) in [6, 6.07) is 8.01. The summed E-state index contributed by atoms with van der Waals surface area (Å²) in [6.45, 7) is -0.247. The standard InChI is InChI=1S/C23H20F5N3O3/c1-33-19-8-13(15-9-21(32)30-22-16(15)10-29-31-22)3-4-14(19)11-34-18-5-2-12(7-20(24)25)6-17(18)23(26,27)28/h2-6,8,10,15,20H,7,9,11H2,1H3,(H2,29,30,31,32). The molecule has 2 heterocycles. The highest BCUT2D eigenvalue weighted by molar-refractivity contribution is 5.94. The topological polar surface area (TPSA) is 76.2 Å². The number of benzene rings is 2. The van der Waals surface area contributed by atoms with Crippen LogP contribution in [0.3, 0.4) is 0 Å². The number of methoxy groups -OCH3 is 1. The number of carbonyl (C=O) groups excluding carboxylic acids is 1. The van der Waals surface area contributed by atoms with E-state index in [1.807, 2.05) is 0 Å². The fourth-order valence-corrected chi connectivity index (χ4v) is 3.93. The van der Waals surface area contributed by atoms with Crippen LogP contribution >= 0.6 is 0 Å². The third kappa shape index (κ3) is 4.97. The van der Waals surface area contributed by atoms with E-state index in [0.717, 1.165) is 17.2 Å². The Kier molecular flexibility index (Phi) is 6.45. The third-order valence-electron chi connectivity index (χ3n) is 5.53. The summed E-state index contributed by atoms with van der Waals surface area (Å²) in [7, 11) is 1.42. The first-order valence-electron chi connectivity index (χ1n) is 10.3. The molecular formula is C23H20F5N3O3. The highest BCUT2D eigenvalue weighted by atomic mass is 19.4. The number of rotatable bonds is 7. The second kappa shape index (κ2) is 9.32. The van der Waals surface area contributed by atoms with Crippen LogP contribution in [0.5, 0.6) is 11.5 Å². The van der Waals surface area contributed by atoms with E-state index >= 15 is 0 Å². The van der Waals surface area contributed by atoms with E-state index in [1.165, 1.54) is 13.2 Å². The summed E-state index contributed by atoms with van der Waals surface area (Å²) < 4.78 is 76.5. The number of amides is 1. The maximum Gasteiger partial charge on any atom is 0.419 e. The summed E-state index contributed by atoms with van der Waals surface area (Å²) in [6.07, 6.45) is -6.49. The van der Waals surface area contributed by atoms with Crippen molar-refractivity contribution in [3.8, 4) is 11.5 Å². The van der Waals surface area contributed by atoms with E-state index in [1.54, 1.807) is 24.4 Å². The number of nitrogens with zero attached hydrogens (tertiary/aromatic N) is 1. The molecule has 0 bridgehead atoms. The maximum absolute atomic E-state index is 13.5. The van der Waals surface area contributed by atoms with Crippen LogP contribution < -0.4 is 14.8 Å². The predicted molar refractivity (Wildman–Crippen MR) is 112 cm³/mol. The zero-order chi connectivity index (χ0) is 24.5. The summed E-state index contributed by atoms with van der Waals surface area (Å²) in [5, 5.41) is 9.40. The molecule has 0 spiro atoms. The molecule has 1 atom stereocenters. The van der Waals surface area contributed by atoms with Gasteiger partial charge >= 0.3 is 6.18 Å². The number of aromatic nitrogens is 2. The third-order valence-corrected chi connectivity index (χ3v) is 5.53. The fraction of sp³-hybridized carbons (Fsp3) is 0.304. The molecule has 2 aromatic carbocycles. The molecule has 1 aromatic heterocycles. The smallest absolute Gasteiger partial charge is 0.419 e. The number of aromatic amines is 1. The average molecular weight is 481 g/mol. The van der Waals surface area contributed by atoms with Gasteiger partial charge in [0.1, 0.15) is 23.9 Å². The van der Waals surface area contributed by atoms with Crippen molar-refractivity contribution in [3.63, 3.8) is 0 Å². The van der Waals surface area contributed by atoms with E-state index in [4.69, 9.17) is 9.47 Å². The number of halogens is 5. The molecule has 0 radical (unpaired) electrons. The minimum atomic E-state index is -4.77. The second-order valence-electron chi connectivity index (χ2n) is 7.79. The molecule has 6 nitrogen and oxygen atoms in total. The van der Waals surface area contributed by atoms with Crippen molar-refractivity contribution in [1.29, 1.82) is 0 Å². The van der Waals surface area contributed by atoms with Crippen molar-refractivity contribution in [2.75, 3.05) is 12.4 Å². The van der Waals surface area contributed by atoms with Crippen molar-refractivity contribution in [2.24, 2.45) is 0 Å². The number of anilines is 1. The van der Waals surface area contributed by atoms with Crippen molar-refractivity contribution in [1.82, 2.24) is 10.2 Å². The van der Waals surface area contributed by atoms with Crippen LogP contribution in [0.4, 0.5) is 27.8 Å². The molecular weight excluding hydrogens is 461 g/mol. The van der Waals surface area contributed by atoms with Crippen molar-refractivity contribution in [3.05, 3.63) is 70.4 Å². The first-order valence-corrected chi connectivity index (χ1v) is 10.3. The molecule has 34 heavy (non-hydrogen) atoms. The zero-order valence-electron chi connectivity index (χ0n) is 17.9. The van der Waals surface area contributed by atoms with Gasteiger partial charge in [-0.3, -0.25) is 9.89 Å². The van der Waals surface area contributed by atoms with E-state index in [0.29, 0.717) is 23.2 Å². The molecule has 0 fully saturated rings. The highest BCUT2D eigenvalue weighted by Crippen LogP contribution is 2.39. The molecule has 1 aliphatic rings. The van der Waals surface area contributed by atoms with Gasteiger partial charge in [-0.1, -0.05) is 18.2 Å². The number of hydrogen-bond donors (Lipinski definition) is 2. The van der Waals surface area contributed by atoms with Gasteiger partial charge in [-0.25, -0.2) is 8.78 Å². The van der Waals surface area contributed by atoms with E-state index < -0.39 is 30.3 Å². The minimum absolute atomic E-state index is 0.133. The molecule has 4 rings (SSSR count). The summed E-state index contributed by atoms with van der Waals surface area (Å²) >= 11 is 0. The molecule has 0 saturated carbocycles. The first-order chi connectivity index (χ1) is 16.2. The van der Waals surface area contributed by atoms with Gasteiger partial charge in [0.15, 0.2) is 0 Å². The van der Waals surface area contributed by atoms with Crippen LogP contribution in [-0.2, 0) is 24.0 Å². The molecule has 0 aliphatic carbocycles. The number of ether oxygens (including phenoxy) is 2. The van der Waals surface area contributed by atoms with Gasteiger partial charge in [-0.15, -0.1) is 0 Å². The maximum atomic E-state index is 13.5. The number of H-pyrrole nitrogens is 1.